The van der Waals surface area contributed by atoms with Gasteiger partial charge in [0.2, 0.25) is 5.91 Å². The summed E-state index contributed by atoms with van der Waals surface area (Å²) >= 11 is 0. The van der Waals surface area contributed by atoms with Crippen molar-refractivity contribution >= 4 is 22.7 Å². The van der Waals surface area contributed by atoms with E-state index in [2.05, 4.69) is 0 Å². The van der Waals surface area contributed by atoms with Crippen LogP contribution in [0.2, 0.25) is 0 Å². The zero-order valence-electron chi connectivity index (χ0n) is 15.4. The summed E-state index contributed by atoms with van der Waals surface area (Å²) in [7, 11) is 0. The van der Waals surface area contributed by atoms with E-state index in [0.29, 0.717) is 24.4 Å². The summed E-state index contributed by atoms with van der Waals surface area (Å²) in [5, 5.41) is 0.751. The van der Waals surface area contributed by atoms with Crippen molar-refractivity contribution in [2.75, 3.05) is 19.7 Å². The highest BCUT2D eigenvalue weighted by Gasteiger charge is 2.29. The minimum absolute atomic E-state index is 0.00835. The van der Waals surface area contributed by atoms with E-state index in [4.69, 9.17) is 15.5 Å². The van der Waals surface area contributed by atoms with Crippen LogP contribution in [-0.4, -0.2) is 41.4 Å². The van der Waals surface area contributed by atoms with E-state index in [9.17, 15) is 9.59 Å². The minimum atomic E-state index is -0.470. The van der Waals surface area contributed by atoms with Gasteiger partial charge in [0.05, 0.1) is 11.1 Å². The fraction of sp³-hybridized carbons (Fsp3) is 0.227. The molecule has 2 amide bonds. The number of nitrogens with zero attached hydrogens (tertiary/aromatic N) is 2. The molecule has 0 unspecified atom stereocenters. The molecule has 1 atom stereocenters. The molecular weight excluding hydrogens is 354 g/mol. The molecule has 0 aliphatic carbocycles. The van der Waals surface area contributed by atoms with Gasteiger partial charge in [0, 0.05) is 30.1 Å². The number of para-hydroxylation sites is 2. The van der Waals surface area contributed by atoms with E-state index >= 15 is 0 Å². The predicted molar refractivity (Wildman–Crippen MR) is 106 cm³/mol. The number of fused-ring (bicyclic) bond motifs is 1. The fourth-order valence-electron chi connectivity index (χ4n) is 3.59. The molecule has 6 nitrogen and oxygen atoms in total. The Morgan fingerprint density at radius 2 is 1.86 bits per heavy atom. The molecule has 3 aromatic rings. The summed E-state index contributed by atoms with van der Waals surface area (Å²) in [6.07, 6.45) is 0.792. The molecule has 0 bridgehead atoms. The molecule has 2 aromatic carbocycles. The highest BCUT2D eigenvalue weighted by Crippen LogP contribution is 2.29. The molecule has 1 saturated heterocycles. The first-order valence-corrected chi connectivity index (χ1v) is 9.27. The average Bonchev–Trinajstić information content (AvgIpc) is 3.22. The number of hydrogen-bond donors (Lipinski definition) is 1. The Balaban J connectivity index is 1.48. The Hall–Kier alpha value is -3.41. The van der Waals surface area contributed by atoms with Gasteiger partial charge in [0.15, 0.2) is 6.61 Å². The van der Waals surface area contributed by atoms with Gasteiger partial charge in [-0.15, -0.1) is 0 Å². The third-order valence-electron chi connectivity index (χ3n) is 5.07. The van der Waals surface area contributed by atoms with Crippen LogP contribution in [0.5, 0.6) is 5.75 Å². The van der Waals surface area contributed by atoms with Crippen molar-refractivity contribution in [2.45, 2.75) is 12.3 Å². The first-order chi connectivity index (χ1) is 13.6. The van der Waals surface area contributed by atoms with Gasteiger partial charge < -0.3 is 15.4 Å². The van der Waals surface area contributed by atoms with Gasteiger partial charge in [-0.2, -0.15) is 0 Å². The Kier molecular flexibility index (Phi) is 4.93. The third-order valence-corrected chi connectivity index (χ3v) is 5.07. The van der Waals surface area contributed by atoms with Crippen LogP contribution in [0.4, 0.5) is 0 Å². The number of likely N-dealkylation sites (tertiary alicyclic amines) is 1. The fourth-order valence-corrected chi connectivity index (χ4v) is 3.59. The topological polar surface area (TPSA) is 85.5 Å². The van der Waals surface area contributed by atoms with Gasteiger partial charge in [0.1, 0.15) is 5.75 Å². The molecule has 1 fully saturated rings. The van der Waals surface area contributed by atoms with Gasteiger partial charge in [0.25, 0.3) is 5.91 Å². The molecule has 1 aliphatic heterocycles. The number of nitrogens with two attached hydrogens (primary N) is 1. The van der Waals surface area contributed by atoms with Crippen LogP contribution in [0.1, 0.15) is 28.4 Å². The molecule has 0 spiro atoms. The monoisotopic (exact) mass is 375 g/mol. The van der Waals surface area contributed by atoms with Gasteiger partial charge in [-0.25, -0.2) is 0 Å². The maximum Gasteiger partial charge on any atom is 0.260 e. The van der Waals surface area contributed by atoms with E-state index in [0.717, 1.165) is 23.0 Å². The molecule has 0 saturated carbocycles. The summed E-state index contributed by atoms with van der Waals surface area (Å²) in [5.74, 6) is 0.224. The van der Waals surface area contributed by atoms with Crippen molar-refractivity contribution in [1.29, 1.82) is 0 Å². The standard InChI is InChI=1S/C22H21N3O3/c23-22(27)18-12-20(24-19-9-5-4-8-17(18)19)15-10-11-25(13-15)21(26)14-28-16-6-2-1-3-7-16/h1-9,12,15H,10-11,13-14H2,(H2,23,27)/t15-/m1/s1. The maximum absolute atomic E-state index is 12.5. The van der Waals surface area contributed by atoms with Gasteiger partial charge in [-0.05, 0) is 30.7 Å². The van der Waals surface area contributed by atoms with E-state index < -0.39 is 5.91 Å². The first kappa shape index (κ1) is 18.0. The van der Waals surface area contributed by atoms with Crippen LogP contribution in [0.15, 0.2) is 60.7 Å². The van der Waals surface area contributed by atoms with Crippen LogP contribution in [-0.2, 0) is 4.79 Å². The first-order valence-electron chi connectivity index (χ1n) is 9.27. The average molecular weight is 375 g/mol. The number of ether oxygens (including phenoxy) is 1. The van der Waals surface area contributed by atoms with E-state index in [1.165, 1.54) is 0 Å². The summed E-state index contributed by atoms with van der Waals surface area (Å²) in [6.45, 7) is 1.21. The number of carbonyl (C=O) groups is 2. The number of primary amides is 1. The molecule has 2 N–H and O–H groups in total. The van der Waals surface area contributed by atoms with E-state index in [-0.39, 0.29) is 18.4 Å². The van der Waals surface area contributed by atoms with Crippen molar-refractivity contribution in [2.24, 2.45) is 5.73 Å². The summed E-state index contributed by atoms with van der Waals surface area (Å²) < 4.78 is 5.56. The largest absolute Gasteiger partial charge is 0.484 e. The smallest absolute Gasteiger partial charge is 0.260 e. The molecule has 4 rings (SSSR count). The summed E-state index contributed by atoms with van der Waals surface area (Å²) in [5.41, 5.74) is 7.58. The molecule has 2 heterocycles. The number of carbonyl (C=O) groups excluding carboxylic acids is 2. The summed E-state index contributed by atoms with van der Waals surface area (Å²) in [6, 6.07) is 18.5. The van der Waals surface area contributed by atoms with Crippen LogP contribution >= 0.6 is 0 Å². The second kappa shape index (κ2) is 7.68. The second-order valence-electron chi connectivity index (χ2n) is 6.90. The molecule has 1 aromatic heterocycles. The van der Waals surface area contributed by atoms with Crippen molar-refractivity contribution in [3.63, 3.8) is 0 Å². The van der Waals surface area contributed by atoms with Crippen molar-refractivity contribution in [3.8, 4) is 5.75 Å². The Morgan fingerprint density at radius 3 is 2.64 bits per heavy atom. The number of benzene rings is 2. The number of aromatic nitrogens is 1. The second-order valence-corrected chi connectivity index (χ2v) is 6.90. The van der Waals surface area contributed by atoms with Crippen LogP contribution in [0.3, 0.4) is 0 Å². The van der Waals surface area contributed by atoms with Crippen molar-refractivity contribution in [3.05, 3.63) is 71.9 Å². The third kappa shape index (κ3) is 3.67. The lowest BCUT2D eigenvalue weighted by Crippen LogP contribution is -2.32. The van der Waals surface area contributed by atoms with E-state index in [1.807, 2.05) is 54.6 Å². The molecule has 28 heavy (non-hydrogen) atoms. The predicted octanol–water partition coefficient (Wildman–Crippen LogP) is 2.73. The normalized spacial score (nSPS) is 16.3. The zero-order valence-corrected chi connectivity index (χ0v) is 15.4. The Labute approximate surface area is 162 Å². The van der Waals surface area contributed by atoms with Crippen LogP contribution in [0, 0.1) is 0 Å². The quantitative estimate of drug-likeness (QED) is 0.743. The van der Waals surface area contributed by atoms with Crippen LogP contribution in [0.25, 0.3) is 10.9 Å². The van der Waals surface area contributed by atoms with Crippen molar-refractivity contribution < 1.29 is 14.3 Å². The lowest BCUT2D eigenvalue weighted by Gasteiger charge is -2.17. The van der Waals surface area contributed by atoms with Gasteiger partial charge in [-0.3, -0.25) is 14.6 Å². The molecule has 142 valence electrons. The van der Waals surface area contributed by atoms with Gasteiger partial charge >= 0.3 is 0 Å². The lowest BCUT2D eigenvalue weighted by molar-refractivity contribution is -0.132. The zero-order chi connectivity index (χ0) is 19.5. The number of pyridine rings is 1. The highest BCUT2D eigenvalue weighted by atomic mass is 16.5. The highest BCUT2D eigenvalue weighted by molar-refractivity contribution is 6.05. The molecule has 0 radical (unpaired) electrons. The number of rotatable bonds is 5. The SMILES string of the molecule is NC(=O)c1cc([C@@H]2CCN(C(=O)COc3ccccc3)C2)nc2ccccc12. The number of hydrogen-bond acceptors (Lipinski definition) is 4. The minimum Gasteiger partial charge on any atom is -0.484 e. The lowest BCUT2D eigenvalue weighted by atomic mass is 9.99. The maximum atomic E-state index is 12.5. The van der Waals surface area contributed by atoms with Crippen LogP contribution < -0.4 is 10.5 Å². The summed E-state index contributed by atoms with van der Waals surface area (Å²) in [4.78, 5) is 30.9. The Morgan fingerprint density at radius 1 is 1.11 bits per heavy atom. The number of amides is 2. The molecule has 1 aliphatic rings. The van der Waals surface area contributed by atoms with Gasteiger partial charge in [-0.1, -0.05) is 36.4 Å². The Bertz CT molecular complexity index is 1020. The molecular formula is C22H21N3O3. The van der Waals surface area contributed by atoms with E-state index in [1.54, 1.807) is 11.0 Å². The van der Waals surface area contributed by atoms with Crippen molar-refractivity contribution in [1.82, 2.24) is 9.88 Å². The molecule has 6 heteroatoms.